The van der Waals surface area contributed by atoms with Crippen LogP contribution < -0.4 is 4.90 Å². The van der Waals surface area contributed by atoms with Crippen LogP contribution in [-0.4, -0.2) is 23.8 Å². The van der Waals surface area contributed by atoms with Crippen LogP contribution in [0.1, 0.15) is 11.7 Å². The van der Waals surface area contributed by atoms with Crippen LogP contribution >= 0.6 is 11.6 Å². The minimum Gasteiger partial charge on any atom is -0.480 e. The minimum atomic E-state index is -0.855. The number of carboxylic acids is 1. The van der Waals surface area contributed by atoms with Gasteiger partial charge >= 0.3 is 5.97 Å². The van der Waals surface area contributed by atoms with Crippen LogP contribution in [0.3, 0.4) is 0 Å². The summed E-state index contributed by atoms with van der Waals surface area (Å²) in [5.41, 5.74) is 1.91. The van der Waals surface area contributed by atoms with Crippen LogP contribution in [0.5, 0.6) is 0 Å². The molecule has 1 aromatic rings. The maximum atomic E-state index is 10.7. The summed E-state index contributed by atoms with van der Waals surface area (Å²) in [6.07, 6.45) is -0.0902. The molecule has 0 radical (unpaired) electrons. The molecule has 1 saturated heterocycles. The Kier molecular flexibility index (Phi) is 1.72. The van der Waals surface area contributed by atoms with Gasteiger partial charge in [-0.2, -0.15) is 0 Å². The Morgan fingerprint density at radius 3 is 3.13 bits per heavy atom. The van der Waals surface area contributed by atoms with Crippen molar-refractivity contribution in [3.05, 3.63) is 28.8 Å². The van der Waals surface area contributed by atoms with Gasteiger partial charge in [0.2, 0.25) is 0 Å². The normalized spacial score (nSPS) is 26.1. The Morgan fingerprint density at radius 1 is 1.60 bits per heavy atom. The van der Waals surface area contributed by atoms with Gasteiger partial charge in [0.1, 0.15) is 12.6 Å². The number of carboxylic acid groups (broad SMARTS) is 1. The fraction of sp³-hybridized carbons (Fsp3) is 0.300. The summed E-state index contributed by atoms with van der Waals surface area (Å²) in [7, 11) is 0. The average molecular weight is 226 g/mol. The summed E-state index contributed by atoms with van der Waals surface area (Å²) in [6, 6.07) is 5.44. The predicted molar refractivity (Wildman–Crippen MR) is 54.0 cm³/mol. The van der Waals surface area contributed by atoms with Gasteiger partial charge < -0.3 is 14.7 Å². The molecule has 0 aromatic heterocycles. The summed E-state index contributed by atoms with van der Waals surface area (Å²) < 4.78 is 5.35. The molecule has 15 heavy (non-hydrogen) atoms. The summed E-state index contributed by atoms with van der Waals surface area (Å²) >= 11 is 5.87. The monoisotopic (exact) mass is 225 g/mol. The van der Waals surface area contributed by atoms with Crippen molar-refractivity contribution in [1.29, 1.82) is 0 Å². The van der Waals surface area contributed by atoms with Gasteiger partial charge in [0.25, 0.3) is 0 Å². The summed E-state index contributed by atoms with van der Waals surface area (Å²) in [6.45, 7) is -0.0319. The molecular formula is C10H8ClNO3. The number of carbonyl (C=O) groups is 1. The van der Waals surface area contributed by atoms with Gasteiger partial charge in [-0.1, -0.05) is 11.6 Å². The molecule has 1 N–H and O–H groups in total. The molecule has 0 spiro atoms. The maximum Gasteiger partial charge on any atom is 0.323 e. The first-order chi connectivity index (χ1) is 7.16. The standard InChI is InChI=1S/C10H8ClNO3/c11-5-1-2-7-6(3-5)9-10(15-9)12(7)4-8(13)14/h1-3,9-10H,4H2,(H,13,14). The van der Waals surface area contributed by atoms with Gasteiger partial charge in [0, 0.05) is 16.3 Å². The molecule has 5 heteroatoms. The minimum absolute atomic E-state index is 0.0121. The van der Waals surface area contributed by atoms with E-state index in [-0.39, 0.29) is 18.9 Å². The molecule has 2 atom stereocenters. The maximum absolute atomic E-state index is 10.7. The lowest BCUT2D eigenvalue weighted by Gasteiger charge is -2.18. The number of halogens is 1. The van der Waals surface area contributed by atoms with E-state index in [9.17, 15) is 4.79 Å². The summed E-state index contributed by atoms with van der Waals surface area (Å²) in [5.74, 6) is -0.855. The SMILES string of the molecule is O=C(O)CN1c2ccc(Cl)cc2C2OC21. The van der Waals surface area contributed by atoms with E-state index in [0.717, 1.165) is 11.3 Å². The van der Waals surface area contributed by atoms with Gasteiger partial charge in [0.05, 0.1) is 0 Å². The van der Waals surface area contributed by atoms with Gasteiger partial charge in [-0.25, -0.2) is 0 Å². The van der Waals surface area contributed by atoms with Crippen LogP contribution in [0, 0.1) is 0 Å². The molecule has 3 rings (SSSR count). The molecule has 1 fully saturated rings. The third-order valence-electron chi connectivity index (χ3n) is 2.69. The number of rotatable bonds is 2. The van der Waals surface area contributed by atoms with Crippen molar-refractivity contribution in [3.8, 4) is 0 Å². The molecule has 0 amide bonds. The van der Waals surface area contributed by atoms with Crippen molar-refractivity contribution in [1.82, 2.24) is 0 Å². The van der Waals surface area contributed by atoms with Crippen LogP contribution in [0.25, 0.3) is 0 Å². The first kappa shape index (κ1) is 9.00. The predicted octanol–water partition coefficient (Wildman–Crippen LogP) is 1.64. The lowest BCUT2D eigenvalue weighted by molar-refractivity contribution is -0.135. The van der Waals surface area contributed by atoms with E-state index in [1.54, 1.807) is 11.0 Å². The zero-order valence-electron chi connectivity index (χ0n) is 7.68. The van der Waals surface area contributed by atoms with E-state index in [0.29, 0.717) is 5.02 Å². The van der Waals surface area contributed by atoms with Crippen molar-refractivity contribution in [2.75, 3.05) is 11.4 Å². The summed E-state index contributed by atoms with van der Waals surface area (Å²) in [4.78, 5) is 12.4. The fourth-order valence-corrected chi connectivity index (χ4v) is 2.22. The number of benzene rings is 1. The molecule has 2 heterocycles. The highest BCUT2D eigenvalue weighted by atomic mass is 35.5. The molecule has 1 aromatic carbocycles. The van der Waals surface area contributed by atoms with E-state index in [4.69, 9.17) is 21.4 Å². The smallest absolute Gasteiger partial charge is 0.323 e. The topological polar surface area (TPSA) is 53.1 Å². The van der Waals surface area contributed by atoms with Crippen LogP contribution in [-0.2, 0) is 9.53 Å². The fourth-order valence-electron chi connectivity index (χ4n) is 2.04. The first-order valence-corrected chi connectivity index (χ1v) is 4.98. The number of hydrogen-bond donors (Lipinski definition) is 1. The Hall–Kier alpha value is -1.26. The molecule has 0 bridgehead atoms. The Labute approximate surface area is 91.0 Å². The van der Waals surface area contributed by atoms with E-state index in [1.807, 2.05) is 12.1 Å². The van der Waals surface area contributed by atoms with Gasteiger partial charge in [-0.05, 0) is 18.2 Å². The highest BCUT2D eigenvalue weighted by Crippen LogP contribution is 2.53. The van der Waals surface area contributed by atoms with Crippen LogP contribution in [0.2, 0.25) is 5.02 Å². The Balaban J connectivity index is 1.99. The van der Waals surface area contributed by atoms with Gasteiger partial charge in [-0.3, -0.25) is 4.79 Å². The molecular weight excluding hydrogens is 218 g/mol. The molecule has 4 nitrogen and oxygen atoms in total. The van der Waals surface area contributed by atoms with Crippen LogP contribution in [0.15, 0.2) is 18.2 Å². The second-order valence-corrected chi connectivity index (χ2v) is 4.11. The van der Waals surface area contributed by atoms with Crippen LogP contribution in [0.4, 0.5) is 5.69 Å². The molecule has 2 unspecified atom stereocenters. The van der Waals surface area contributed by atoms with Crippen molar-refractivity contribution in [3.63, 3.8) is 0 Å². The van der Waals surface area contributed by atoms with E-state index in [2.05, 4.69) is 0 Å². The number of nitrogens with zero attached hydrogens (tertiary/aromatic N) is 1. The highest BCUT2D eigenvalue weighted by molar-refractivity contribution is 6.30. The lowest BCUT2D eigenvalue weighted by Crippen LogP contribution is -2.30. The van der Waals surface area contributed by atoms with E-state index < -0.39 is 5.97 Å². The zero-order chi connectivity index (χ0) is 10.6. The number of epoxide rings is 1. The second-order valence-electron chi connectivity index (χ2n) is 3.67. The Morgan fingerprint density at radius 2 is 2.40 bits per heavy atom. The molecule has 0 saturated carbocycles. The van der Waals surface area contributed by atoms with Crippen molar-refractivity contribution in [2.45, 2.75) is 12.3 Å². The lowest BCUT2D eigenvalue weighted by atomic mass is 10.1. The number of aliphatic carboxylic acids is 1. The third-order valence-corrected chi connectivity index (χ3v) is 2.92. The zero-order valence-corrected chi connectivity index (χ0v) is 8.44. The number of fused-ring (bicyclic) bond motifs is 3. The van der Waals surface area contributed by atoms with Gasteiger partial charge in [0.15, 0.2) is 6.23 Å². The van der Waals surface area contributed by atoms with Gasteiger partial charge in [-0.15, -0.1) is 0 Å². The van der Waals surface area contributed by atoms with E-state index >= 15 is 0 Å². The largest absolute Gasteiger partial charge is 0.480 e. The van der Waals surface area contributed by atoms with Crippen molar-refractivity contribution >= 4 is 23.3 Å². The molecule has 0 aliphatic carbocycles. The molecule has 2 aliphatic rings. The molecule has 2 aliphatic heterocycles. The van der Waals surface area contributed by atoms with E-state index in [1.165, 1.54) is 0 Å². The third kappa shape index (κ3) is 1.29. The number of anilines is 1. The van der Waals surface area contributed by atoms with Crippen molar-refractivity contribution in [2.24, 2.45) is 0 Å². The first-order valence-electron chi connectivity index (χ1n) is 4.60. The number of ether oxygens (including phenoxy) is 1. The highest BCUT2D eigenvalue weighted by Gasteiger charge is 2.53. The molecule has 78 valence electrons. The number of hydrogen-bond acceptors (Lipinski definition) is 3. The van der Waals surface area contributed by atoms with Crippen molar-refractivity contribution < 1.29 is 14.6 Å². The Bertz CT molecular complexity index is 448. The average Bonchev–Trinajstić information content (AvgIpc) is 2.89. The second kappa shape index (κ2) is 2.87. The summed E-state index contributed by atoms with van der Waals surface area (Å²) in [5, 5.41) is 9.42. The quantitative estimate of drug-likeness (QED) is 0.778.